The summed E-state index contributed by atoms with van der Waals surface area (Å²) in [5.74, 6) is -0.262. The molecule has 0 aromatic heterocycles. The molecular formula is C12H16ClNO2. The highest BCUT2D eigenvalue weighted by Crippen LogP contribution is 2.21. The van der Waals surface area contributed by atoms with Crippen molar-refractivity contribution in [3.63, 3.8) is 0 Å². The van der Waals surface area contributed by atoms with E-state index in [-0.39, 0.29) is 12.0 Å². The number of halogens is 1. The summed E-state index contributed by atoms with van der Waals surface area (Å²) in [5.41, 5.74) is 1.91. The van der Waals surface area contributed by atoms with Crippen molar-refractivity contribution >= 4 is 23.3 Å². The minimum Gasteiger partial charge on any atom is -0.467 e. The predicted molar refractivity (Wildman–Crippen MR) is 65.9 cm³/mol. The fraction of sp³-hybridized carbons (Fsp3) is 0.417. The lowest BCUT2D eigenvalue weighted by molar-refractivity contribution is -0.141. The van der Waals surface area contributed by atoms with Crippen LogP contribution < -0.4 is 5.32 Å². The number of aryl methyl sites for hydroxylation is 1. The minimum atomic E-state index is -0.331. The van der Waals surface area contributed by atoms with Crippen molar-refractivity contribution in [3.05, 3.63) is 28.8 Å². The molecular weight excluding hydrogens is 226 g/mol. The van der Waals surface area contributed by atoms with E-state index in [1.165, 1.54) is 7.11 Å². The van der Waals surface area contributed by atoms with E-state index in [0.717, 1.165) is 11.3 Å². The average Bonchev–Trinajstić information content (AvgIpc) is 2.29. The van der Waals surface area contributed by atoms with Crippen molar-refractivity contribution < 1.29 is 9.53 Å². The molecule has 1 aromatic carbocycles. The van der Waals surface area contributed by atoms with Gasteiger partial charge in [-0.15, -0.1) is 0 Å². The molecule has 1 atom stereocenters. The van der Waals surface area contributed by atoms with Gasteiger partial charge < -0.3 is 10.1 Å². The number of esters is 1. The highest BCUT2D eigenvalue weighted by atomic mass is 35.5. The maximum atomic E-state index is 11.4. The van der Waals surface area contributed by atoms with Crippen molar-refractivity contribution in [3.8, 4) is 0 Å². The number of hydrogen-bond donors (Lipinski definition) is 1. The van der Waals surface area contributed by atoms with Crippen LogP contribution in [0.5, 0.6) is 0 Å². The standard InChI is InChI=1S/C12H16ClNO2/c1-4-10(12(15)16-3)14-11-7-9(13)6-5-8(11)2/h5-7,10,14H,4H2,1-3H3. The molecule has 1 aromatic rings. The zero-order valence-corrected chi connectivity index (χ0v) is 10.5. The average molecular weight is 242 g/mol. The number of anilines is 1. The van der Waals surface area contributed by atoms with E-state index in [2.05, 4.69) is 5.32 Å². The lowest BCUT2D eigenvalue weighted by Gasteiger charge is -2.17. The van der Waals surface area contributed by atoms with E-state index < -0.39 is 0 Å². The van der Waals surface area contributed by atoms with Crippen molar-refractivity contribution in [2.45, 2.75) is 26.3 Å². The van der Waals surface area contributed by atoms with Crippen LogP contribution in [0.4, 0.5) is 5.69 Å². The molecule has 1 unspecified atom stereocenters. The molecule has 0 saturated heterocycles. The number of hydrogen-bond acceptors (Lipinski definition) is 3. The highest BCUT2D eigenvalue weighted by Gasteiger charge is 2.17. The molecule has 16 heavy (non-hydrogen) atoms. The summed E-state index contributed by atoms with van der Waals surface area (Å²) in [6, 6.07) is 5.21. The summed E-state index contributed by atoms with van der Waals surface area (Å²) < 4.78 is 4.71. The van der Waals surface area contributed by atoms with Crippen molar-refractivity contribution in [2.24, 2.45) is 0 Å². The molecule has 1 N–H and O–H groups in total. The van der Waals surface area contributed by atoms with Crippen LogP contribution in [0, 0.1) is 6.92 Å². The zero-order chi connectivity index (χ0) is 12.1. The van der Waals surface area contributed by atoms with E-state index in [1.54, 1.807) is 0 Å². The summed E-state index contributed by atoms with van der Waals surface area (Å²) in [7, 11) is 1.39. The SMILES string of the molecule is CCC(Nc1cc(Cl)ccc1C)C(=O)OC. The summed E-state index contributed by atoms with van der Waals surface area (Å²) >= 11 is 5.90. The molecule has 0 fully saturated rings. The largest absolute Gasteiger partial charge is 0.467 e. The fourth-order valence-corrected chi connectivity index (χ4v) is 1.58. The van der Waals surface area contributed by atoms with E-state index in [9.17, 15) is 4.79 Å². The number of methoxy groups -OCH3 is 1. The Hall–Kier alpha value is -1.22. The molecule has 0 heterocycles. The number of carbonyl (C=O) groups is 1. The molecule has 3 nitrogen and oxygen atoms in total. The van der Waals surface area contributed by atoms with Gasteiger partial charge in [-0.1, -0.05) is 24.6 Å². The van der Waals surface area contributed by atoms with Crippen LogP contribution in [-0.4, -0.2) is 19.1 Å². The highest BCUT2D eigenvalue weighted by molar-refractivity contribution is 6.30. The van der Waals surface area contributed by atoms with Crippen LogP contribution >= 0.6 is 11.6 Å². The first-order valence-electron chi connectivity index (χ1n) is 5.19. The van der Waals surface area contributed by atoms with E-state index in [0.29, 0.717) is 11.4 Å². The first kappa shape index (κ1) is 12.8. The summed E-state index contributed by atoms with van der Waals surface area (Å²) in [5, 5.41) is 3.78. The van der Waals surface area contributed by atoms with Gasteiger partial charge in [0.05, 0.1) is 7.11 Å². The summed E-state index contributed by atoms with van der Waals surface area (Å²) in [6.45, 7) is 3.89. The number of benzene rings is 1. The Morgan fingerprint density at radius 2 is 2.25 bits per heavy atom. The number of rotatable bonds is 4. The number of carbonyl (C=O) groups excluding carboxylic acids is 1. The summed E-state index contributed by atoms with van der Waals surface area (Å²) in [4.78, 5) is 11.4. The van der Waals surface area contributed by atoms with Gasteiger partial charge in [-0.05, 0) is 31.0 Å². The van der Waals surface area contributed by atoms with Gasteiger partial charge >= 0.3 is 5.97 Å². The zero-order valence-electron chi connectivity index (χ0n) is 9.71. The van der Waals surface area contributed by atoms with Gasteiger partial charge in [0, 0.05) is 10.7 Å². The molecule has 0 aliphatic heterocycles. The van der Waals surface area contributed by atoms with E-state index in [4.69, 9.17) is 16.3 Å². The van der Waals surface area contributed by atoms with Gasteiger partial charge in [0.25, 0.3) is 0 Å². The first-order chi connectivity index (χ1) is 7.58. The van der Waals surface area contributed by atoms with Gasteiger partial charge in [0.15, 0.2) is 0 Å². The molecule has 0 aliphatic rings. The maximum absolute atomic E-state index is 11.4. The Morgan fingerprint density at radius 1 is 1.56 bits per heavy atom. The quantitative estimate of drug-likeness (QED) is 0.824. The van der Waals surface area contributed by atoms with Crippen LogP contribution in [0.2, 0.25) is 5.02 Å². The van der Waals surface area contributed by atoms with Crippen LogP contribution in [0.1, 0.15) is 18.9 Å². The maximum Gasteiger partial charge on any atom is 0.328 e. The van der Waals surface area contributed by atoms with Crippen molar-refractivity contribution in [2.75, 3.05) is 12.4 Å². The Kier molecular flexibility index (Phi) is 4.62. The molecule has 4 heteroatoms. The second-order valence-corrected chi connectivity index (χ2v) is 4.02. The predicted octanol–water partition coefficient (Wildman–Crippen LogP) is 3.01. The van der Waals surface area contributed by atoms with E-state index >= 15 is 0 Å². The molecule has 88 valence electrons. The smallest absolute Gasteiger partial charge is 0.328 e. The molecule has 0 saturated carbocycles. The molecule has 0 bridgehead atoms. The topological polar surface area (TPSA) is 38.3 Å². The van der Waals surface area contributed by atoms with Gasteiger partial charge in [-0.25, -0.2) is 4.79 Å². The summed E-state index contributed by atoms with van der Waals surface area (Å²) in [6.07, 6.45) is 0.665. The Morgan fingerprint density at radius 3 is 2.81 bits per heavy atom. The number of ether oxygens (including phenoxy) is 1. The van der Waals surface area contributed by atoms with Crippen LogP contribution in [0.3, 0.4) is 0 Å². The van der Waals surface area contributed by atoms with Gasteiger partial charge in [-0.3, -0.25) is 0 Å². The third kappa shape index (κ3) is 3.14. The molecule has 1 rings (SSSR count). The van der Waals surface area contributed by atoms with E-state index in [1.807, 2.05) is 32.0 Å². The lowest BCUT2D eigenvalue weighted by Crippen LogP contribution is -2.30. The van der Waals surface area contributed by atoms with Gasteiger partial charge in [0.2, 0.25) is 0 Å². The molecule has 0 amide bonds. The Labute approximate surface area is 101 Å². The van der Waals surface area contributed by atoms with Crippen LogP contribution in [0.15, 0.2) is 18.2 Å². The molecule has 0 aliphatic carbocycles. The second kappa shape index (κ2) is 5.75. The molecule has 0 spiro atoms. The number of nitrogens with one attached hydrogen (secondary N) is 1. The second-order valence-electron chi connectivity index (χ2n) is 3.59. The van der Waals surface area contributed by atoms with Crippen LogP contribution in [0.25, 0.3) is 0 Å². The molecule has 0 radical (unpaired) electrons. The van der Waals surface area contributed by atoms with Crippen molar-refractivity contribution in [1.82, 2.24) is 0 Å². The third-order valence-electron chi connectivity index (χ3n) is 2.42. The van der Waals surface area contributed by atoms with Gasteiger partial charge in [-0.2, -0.15) is 0 Å². The monoisotopic (exact) mass is 241 g/mol. The minimum absolute atomic E-state index is 0.262. The fourth-order valence-electron chi connectivity index (χ4n) is 1.41. The van der Waals surface area contributed by atoms with Crippen LogP contribution in [-0.2, 0) is 9.53 Å². The van der Waals surface area contributed by atoms with Gasteiger partial charge in [0.1, 0.15) is 6.04 Å². The Balaban J connectivity index is 2.85. The third-order valence-corrected chi connectivity index (χ3v) is 2.66. The Bertz CT molecular complexity index is 379. The van der Waals surface area contributed by atoms with Crippen molar-refractivity contribution in [1.29, 1.82) is 0 Å². The normalized spacial score (nSPS) is 12.0. The first-order valence-corrected chi connectivity index (χ1v) is 5.56. The lowest BCUT2D eigenvalue weighted by atomic mass is 10.1.